The molecule has 1 saturated carbocycles. The Morgan fingerprint density at radius 2 is 1.95 bits per heavy atom. The zero-order chi connectivity index (χ0) is 14.4. The van der Waals surface area contributed by atoms with Crippen LogP contribution in [-0.2, 0) is 9.53 Å². The van der Waals surface area contributed by atoms with E-state index in [1.807, 2.05) is 0 Å². The van der Waals surface area contributed by atoms with Crippen LogP contribution in [0.4, 0.5) is 0 Å². The number of hydrogen-bond donors (Lipinski definition) is 2. The molecule has 2 rings (SSSR count). The third kappa shape index (κ3) is 5.04. The molecule has 1 aliphatic heterocycles. The van der Waals surface area contributed by atoms with Gasteiger partial charge in [-0.05, 0) is 31.6 Å². The van der Waals surface area contributed by atoms with Gasteiger partial charge in [-0.15, -0.1) is 0 Å². The summed E-state index contributed by atoms with van der Waals surface area (Å²) in [7, 11) is 0. The Kier molecular flexibility index (Phi) is 6.26. The molecule has 1 amide bonds. The quantitative estimate of drug-likeness (QED) is 0.777. The normalized spacial score (nSPS) is 29.9. The smallest absolute Gasteiger partial charge is 0.223 e. The van der Waals surface area contributed by atoms with Crippen LogP contribution >= 0.6 is 0 Å². The fourth-order valence-electron chi connectivity index (χ4n) is 3.03. The number of hydrogen-bond acceptors (Lipinski definition) is 4. The van der Waals surface area contributed by atoms with Crippen LogP contribution in [0.3, 0.4) is 0 Å². The molecule has 0 spiro atoms. The van der Waals surface area contributed by atoms with Crippen LogP contribution in [0.1, 0.15) is 32.6 Å². The highest BCUT2D eigenvalue weighted by molar-refractivity contribution is 5.78. The molecule has 0 radical (unpaired) electrons. The van der Waals surface area contributed by atoms with E-state index >= 15 is 0 Å². The zero-order valence-electron chi connectivity index (χ0n) is 12.5. The molecule has 2 N–H and O–H groups in total. The fourth-order valence-corrected chi connectivity index (χ4v) is 3.03. The van der Waals surface area contributed by atoms with Gasteiger partial charge in [0.05, 0.1) is 19.3 Å². The number of nitrogens with one attached hydrogen (secondary N) is 1. The van der Waals surface area contributed by atoms with Crippen LogP contribution in [0.25, 0.3) is 0 Å². The van der Waals surface area contributed by atoms with E-state index < -0.39 is 6.10 Å². The molecule has 2 aliphatic rings. The summed E-state index contributed by atoms with van der Waals surface area (Å²) in [5.41, 5.74) is 0. The summed E-state index contributed by atoms with van der Waals surface area (Å²) in [6, 6.07) is 0. The molecule has 0 bridgehead atoms. The predicted molar refractivity (Wildman–Crippen MR) is 77.4 cm³/mol. The Labute approximate surface area is 121 Å². The van der Waals surface area contributed by atoms with E-state index in [1.54, 1.807) is 0 Å². The number of amides is 1. The number of morpholine rings is 1. The first kappa shape index (κ1) is 15.7. The van der Waals surface area contributed by atoms with Crippen molar-refractivity contribution in [2.45, 2.75) is 38.7 Å². The molecular weight excluding hydrogens is 256 g/mol. The molecule has 116 valence electrons. The standard InChI is InChI=1S/C15H28N2O3/c1-12-2-4-13(5-3-12)15(19)16-10-14(18)11-17-6-8-20-9-7-17/h12-14,18H,2-11H2,1H3,(H,16,19). The largest absolute Gasteiger partial charge is 0.390 e. The Morgan fingerprint density at radius 3 is 2.60 bits per heavy atom. The SMILES string of the molecule is CC1CCC(C(=O)NCC(O)CN2CCOCC2)CC1. The molecule has 0 aromatic heterocycles. The van der Waals surface area contributed by atoms with E-state index in [9.17, 15) is 9.90 Å². The molecule has 0 aromatic rings. The number of aliphatic hydroxyl groups excluding tert-OH is 1. The van der Waals surface area contributed by atoms with Gasteiger partial charge in [-0.1, -0.05) is 6.92 Å². The van der Waals surface area contributed by atoms with Crippen LogP contribution in [-0.4, -0.2) is 61.4 Å². The van der Waals surface area contributed by atoms with Gasteiger partial charge in [-0.2, -0.15) is 0 Å². The highest BCUT2D eigenvalue weighted by Crippen LogP contribution is 2.28. The summed E-state index contributed by atoms with van der Waals surface area (Å²) < 4.78 is 5.27. The van der Waals surface area contributed by atoms with Crippen molar-refractivity contribution < 1.29 is 14.6 Å². The average molecular weight is 284 g/mol. The van der Waals surface area contributed by atoms with Crippen molar-refractivity contribution in [1.82, 2.24) is 10.2 Å². The maximum Gasteiger partial charge on any atom is 0.223 e. The number of nitrogens with zero attached hydrogens (tertiary/aromatic N) is 1. The summed E-state index contributed by atoms with van der Waals surface area (Å²) in [4.78, 5) is 14.2. The van der Waals surface area contributed by atoms with E-state index in [-0.39, 0.29) is 11.8 Å². The van der Waals surface area contributed by atoms with Gasteiger partial charge < -0.3 is 15.2 Å². The predicted octanol–water partition coefficient (Wildman–Crippen LogP) is 0.622. The summed E-state index contributed by atoms with van der Waals surface area (Å²) in [6.45, 7) is 6.43. The van der Waals surface area contributed by atoms with E-state index in [0.717, 1.165) is 57.9 Å². The second-order valence-corrected chi connectivity index (χ2v) is 6.27. The molecule has 2 fully saturated rings. The maximum absolute atomic E-state index is 12.0. The van der Waals surface area contributed by atoms with Crippen molar-refractivity contribution in [3.05, 3.63) is 0 Å². The molecule has 1 aliphatic carbocycles. The number of β-amino-alcohol motifs (C(OH)–C–C–N with tert-alkyl or cyclic N) is 1. The monoisotopic (exact) mass is 284 g/mol. The van der Waals surface area contributed by atoms with Crippen molar-refractivity contribution in [3.8, 4) is 0 Å². The van der Waals surface area contributed by atoms with Crippen molar-refractivity contribution >= 4 is 5.91 Å². The molecule has 1 saturated heterocycles. The third-order valence-corrected chi connectivity index (χ3v) is 4.47. The van der Waals surface area contributed by atoms with Crippen molar-refractivity contribution in [1.29, 1.82) is 0 Å². The first-order valence-corrected chi connectivity index (χ1v) is 7.91. The molecule has 5 nitrogen and oxygen atoms in total. The van der Waals surface area contributed by atoms with Gasteiger partial charge in [0.2, 0.25) is 5.91 Å². The van der Waals surface area contributed by atoms with Crippen LogP contribution in [0, 0.1) is 11.8 Å². The average Bonchev–Trinajstić information content (AvgIpc) is 2.46. The topological polar surface area (TPSA) is 61.8 Å². The lowest BCUT2D eigenvalue weighted by Crippen LogP contribution is -2.45. The number of rotatable bonds is 5. The second-order valence-electron chi connectivity index (χ2n) is 6.27. The second kappa shape index (κ2) is 7.96. The zero-order valence-corrected chi connectivity index (χ0v) is 12.5. The highest BCUT2D eigenvalue weighted by atomic mass is 16.5. The first-order valence-electron chi connectivity index (χ1n) is 7.91. The molecule has 5 heteroatoms. The number of aliphatic hydroxyl groups is 1. The highest BCUT2D eigenvalue weighted by Gasteiger charge is 2.24. The first-order chi connectivity index (χ1) is 9.65. The van der Waals surface area contributed by atoms with Crippen molar-refractivity contribution in [2.24, 2.45) is 11.8 Å². The Balaban J connectivity index is 1.62. The van der Waals surface area contributed by atoms with E-state index in [1.165, 1.54) is 0 Å². The minimum Gasteiger partial charge on any atom is -0.390 e. The van der Waals surface area contributed by atoms with Gasteiger partial charge in [0.25, 0.3) is 0 Å². The lowest BCUT2D eigenvalue weighted by molar-refractivity contribution is -0.126. The van der Waals surface area contributed by atoms with Gasteiger partial charge in [0, 0.05) is 32.1 Å². The van der Waals surface area contributed by atoms with Crippen LogP contribution < -0.4 is 5.32 Å². The minimum atomic E-state index is -0.487. The van der Waals surface area contributed by atoms with E-state index in [2.05, 4.69) is 17.1 Å². The Morgan fingerprint density at radius 1 is 1.30 bits per heavy atom. The number of carbonyl (C=O) groups excluding carboxylic acids is 1. The third-order valence-electron chi connectivity index (χ3n) is 4.47. The summed E-state index contributed by atoms with van der Waals surface area (Å²) in [5.74, 6) is 1.03. The molecular formula is C15H28N2O3. The fraction of sp³-hybridized carbons (Fsp3) is 0.933. The lowest BCUT2D eigenvalue weighted by atomic mass is 9.82. The lowest BCUT2D eigenvalue weighted by Gasteiger charge is -2.29. The molecule has 0 aromatic carbocycles. The molecule has 1 unspecified atom stereocenters. The van der Waals surface area contributed by atoms with Gasteiger partial charge in [0.1, 0.15) is 0 Å². The number of ether oxygens (including phenoxy) is 1. The van der Waals surface area contributed by atoms with Crippen LogP contribution in [0.5, 0.6) is 0 Å². The van der Waals surface area contributed by atoms with E-state index in [0.29, 0.717) is 13.1 Å². The van der Waals surface area contributed by atoms with Crippen molar-refractivity contribution in [2.75, 3.05) is 39.4 Å². The van der Waals surface area contributed by atoms with Gasteiger partial charge >= 0.3 is 0 Å². The summed E-state index contributed by atoms with van der Waals surface area (Å²) in [6.07, 6.45) is 3.79. The van der Waals surface area contributed by atoms with Gasteiger partial charge in [0.15, 0.2) is 0 Å². The molecule has 20 heavy (non-hydrogen) atoms. The maximum atomic E-state index is 12.0. The Bertz CT molecular complexity index is 297. The van der Waals surface area contributed by atoms with E-state index in [4.69, 9.17) is 4.74 Å². The van der Waals surface area contributed by atoms with Crippen LogP contribution in [0.2, 0.25) is 0 Å². The molecule has 1 atom stereocenters. The molecule has 1 heterocycles. The Hall–Kier alpha value is -0.650. The van der Waals surface area contributed by atoms with Crippen LogP contribution in [0.15, 0.2) is 0 Å². The summed E-state index contributed by atoms with van der Waals surface area (Å²) >= 11 is 0. The number of carbonyl (C=O) groups is 1. The van der Waals surface area contributed by atoms with Crippen molar-refractivity contribution in [3.63, 3.8) is 0 Å². The van der Waals surface area contributed by atoms with Gasteiger partial charge in [-0.25, -0.2) is 0 Å². The summed E-state index contributed by atoms with van der Waals surface area (Å²) in [5, 5.41) is 12.9. The van der Waals surface area contributed by atoms with Gasteiger partial charge in [-0.3, -0.25) is 9.69 Å². The minimum absolute atomic E-state index is 0.123.